The molecule has 6 heteroatoms. The molecule has 0 saturated carbocycles. The molecule has 0 aliphatic heterocycles. The molecule has 6 nitrogen and oxygen atoms in total. The second-order valence-electron chi connectivity index (χ2n) is 5.51. The fraction of sp³-hybridized carbons (Fsp3) is 0.294. The molecule has 120 valence electrons. The number of anilines is 1. The summed E-state index contributed by atoms with van der Waals surface area (Å²) in [6.07, 6.45) is 3.84. The van der Waals surface area contributed by atoms with Gasteiger partial charge in [0.1, 0.15) is 17.8 Å². The summed E-state index contributed by atoms with van der Waals surface area (Å²) in [5.41, 5.74) is 8.85. The van der Waals surface area contributed by atoms with Crippen molar-refractivity contribution in [1.82, 2.24) is 14.5 Å². The first kappa shape index (κ1) is 15.5. The molecule has 3 aromatic rings. The summed E-state index contributed by atoms with van der Waals surface area (Å²) >= 11 is 0. The van der Waals surface area contributed by atoms with Gasteiger partial charge in [0.25, 0.3) is 0 Å². The predicted octanol–water partition coefficient (Wildman–Crippen LogP) is 1.81. The van der Waals surface area contributed by atoms with E-state index in [9.17, 15) is 5.11 Å². The van der Waals surface area contributed by atoms with Gasteiger partial charge in [-0.05, 0) is 18.4 Å². The smallest absolute Gasteiger partial charge is 0.146 e. The Kier molecular flexibility index (Phi) is 4.55. The molecule has 1 unspecified atom stereocenters. The average Bonchev–Trinajstić information content (AvgIpc) is 2.94. The summed E-state index contributed by atoms with van der Waals surface area (Å²) in [5, 5.41) is 19.6. The van der Waals surface area contributed by atoms with Gasteiger partial charge in [-0.15, -0.1) is 0 Å². The molecule has 0 fully saturated rings. The first-order chi connectivity index (χ1) is 11.2. The molecular weight excluding hydrogens is 292 g/mol. The first-order valence-electron chi connectivity index (χ1n) is 7.64. The second-order valence-corrected chi connectivity index (χ2v) is 5.51. The van der Waals surface area contributed by atoms with E-state index in [1.807, 2.05) is 41.1 Å². The third-order valence-electron chi connectivity index (χ3n) is 3.93. The van der Waals surface area contributed by atoms with E-state index in [0.717, 1.165) is 22.2 Å². The monoisotopic (exact) mass is 312 g/mol. The lowest BCUT2D eigenvalue weighted by Crippen LogP contribution is -2.12. The summed E-state index contributed by atoms with van der Waals surface area (Å²) < 4.78 is 1.98. The SMILES string of the molecule is Nc1ncnc2c1c(-c1ccccc1)cn2CCC(O)CCO. The van der Waals surface area contributed by atoms with E-state index >= 15 is 0 Å². The van der Waals surface area contributed by atoms with Crippen molar-refractivity contribution in [2.45, 2.75) is 25.5 Å². The van der Waals surface area contributed by atoms with E-state index in [1.165, 1.54) is 6.33 Å². The van der Waals surface area contributed by atoms with Gasteiger partial charge in [-0.3, -0.25) is 0 Å². The lowest BCUT2D eigenvalue weighted by molar-refractivity contribution is 0.121. The first-order valence-corrected chi connectivity index (χ1v) is 7.64. The van der Waals surface area contributed by atoms with Gasteiger partial charge in [-0.25, -0.2) is 9.97 Å². The number of rotatable bonds is 6. The van der Waals surface area contributed by atoms with E-state index < -0.39 is 6.10 Å². The van der Waals surface area contributed by atoms with Crippen molar-refractivity contribution < 1.29 is 10.2 Å². The molecule has 2 aromatic heterocycles. The highest BCUT2D eigenvalue weighted by molar-refractivity contribution is 6.00. The zero-order valence-corrected chi connectivity index (χ0v) is 12.8. The van der Waals surface area contributed by atoms with Crippen LogP contribution in [-0.4, -0.2) is 37.5 Å². The lowest BCUT2D eigenvalue weighted by Gasteiger charge is -2.09. The molecule has 0 aliphatic carbocycles. The molecule has 0 amide bonds. The number of hydrogen-bond donors (Lipinski definition) is 3. The number of benzene rings is 1. The Morgan fingerprint density at radius 1 is 1.13 bits per heavy atom. The minimum Gasteiger partial charge on any atom is -0.396 e. The van der Waals surface area contributed by atoms with Crippen molar-refractivity contribution in [3.63, 3.8) is 0 Å². The molecule has 0 spiro atoms. The van der Waals surface area contributed by atoms with E-state index in [0.29, 0.717) is 25.2 Å². The van der Waals surface area contributed by atoms with Gasteiger partial charge < -0.3 is 20.5 Å². The van der Waals surface area contributed by atoms with Crippen molar-refractivity contribution in [2.75, 3.05) is 12.3 Å². The van der Waals surface area contributed by atoms with E-state index in [4.69, 9.17) is 10.8 Å². The number of nitrogens with two attached hydrogens (primary N) is 1. The van der Waals surface area contributed by atoms with Crippen molar-refractivity contribution in [3.8, 4) is 11.1 Å². The minimum atomic E-state index is -0.531. The highest BCUT2D eigenvalue weighted by Gasteiger charge is 2.15. The summed E-state index contributed by atoms with van der Waals surface area (Å²) in [4.78, 5) is 8.46. The molecule has 2 heterocycles. The van der Waals surface area contributed by atoms with Crippen LogP contribution in [0.25, 0.3) is 22.2 Å². The van der Waals surface area contributed by atoms with Crippen molar-refractivity contribution in [3.05, 3.63) is 42.9 Å². The van der Waals surface area contributed by atoms with Crippen LogP contribution in [0.5, 0.6) is 0 Å². The van der Waals surface area contributed by atoms with E-state index in [2.05, 4.69) is 9.97 Å². The van der Waals surface area contributed by atoms with Crippen molar-refractivity contribution >= 4 is 16.9 Å². The summed E-state index contributed by atoms with van der Waals surface area (Å²) in [5.74, 6) is 0.448. The maximum Gasteiger partial charge on any atom is 0.146 e. The number of aryl methyl sites for hydroxylation is 1. The quantitative estimate of drug-likeness (QED) is 0.645. The molecule has 0 bridgehead atoms. The maximum atomic E-state index is 9.83. The van der Waals surface area contributed by atoms with Crippen LogP contribution in [-0.2, 0) is 6.54 Å². The molecule has 0 aliphatic rings. The fourth-order valence-corrected chi connectivity index (χ4v) is 2.74. The minimum absolute atomic E-state index is 0.0159. The summed E-state index contributed by atoms with van der Waals surface area (Å²) in [6.45, 7) is 0.582. The number of aliphatic hydroxyl groups excluding tert-OH is 2. The van der Waals surface area contributed by atoms with Crippen molar-refractivity contribution in [1.29, 1.82) is 0 Å². The van der Waals surface area contributed by atoms with Crippen LogP contribution >= 0.6 is 0 Å². The number of aromatic nitrogens is 3. The van der Waals surface area contributed by atoms with Crippen LogP contribution in [0.2, 0.25) is 0 Å². The topological polar surface area (TPSA) is 97.2 Å². The Bertz CT molecular complexity index is 786. The highest BCUT2D eigenvalue weighted by Crippen LogP contribution is 2.32. The van der Waals surface area contributed by atoms with Crippen LogP contribution in [0.4, 0.5) is 5.82 Å². The number of hydrogen-bond acceptors (Lipinski definition) is 5. The molecule has 1 aromatic carbocycles. The molecule has 0 radical (unpaired) electrons. The largest absolute Gasteiger partial charge is 0.396 e. The maximum absolute atomic E-state index is 9.83. The summed E-state index contributed by atoms with van der Waals surface area (Å²) in [6, 6.07) is 9.96. The fourth-order valence-electron chi connectivity index (χ4n) is 2.74. The molecule has 1 atom stereocenters. The molecule has 4 N–H and O–H groups in total. The van der Waals surface area contributed by atoms with Gasteiger partial charge in [0.2, 0.25) is 0 Å². The third-order valence-corrected chi connectivity index (χ3v) is 3.93. The molecule has 3 rings (SSSR count). The Labute approximate surface area is 134 Å². The van der Waals surface area contributed by atoms with Gasteiger partial charge in [0.15, 0.2) is 0 Å². The van der Waals surface area contributed by atoms with Gasteiger partial charge >= 0.3 is 0 Å². The van der Waals surface area contributed by atoms with Crippen LogP contribution in [0.1, 0.15) is 12.8 Å². The zero-order chi connectivity index (χ0) is 16.2. The Morgan fingerprint density at radius 2 is 1.91 bits per heavy atom. The third kappa shape index (κ3) is 3.18. The zero-order valence-electron chi connectivity index (χ0n) is 12.8. The number of nitrogens with zero attached hydrogens (tertiary/aromatic N) is 3. The number of nitrogen functional groups attached to an aromatic ring is 1. The Morgan fingerprint density at radius 3 is 2.65 bits per heavy atom. The average molecular weight is 312 g/mol. The number of aliphatic hydroxyl groups is 2. The standard InChI is InChI=1S/C17H20N4O2/c18-16-15-14(12-4-2-1-3-5-12)10-21(17(15)20-11-19-16)8-6-13(23)7-9-22/h1-5,10-11,13,22-23H,6-9H2,(H2,18,19,20). The molecular formula is C17H20N4O2. The molecule has 23 heavy (non-hydrogen) atoms. The normalized spacial score (nSPS) is 12.6. The van der Waals surface area contributed by atoms with Gasteiger partial charge in [-0.1, -0.05) is 30.3 Å². The highest BCUT2D eigenvalue weighted by atomic mass is 16.3. The van der Waals surface area contributed by atoms with E-state index in [1.54, 1.807) is 0 Å². The Hall–Kier alpha value is -2.44. The number of fused-ring (bicyclic) bond motifs is 1. The predicted molar refractivity (Wildman–Crippen MR) is 89.7 cm³/mol. The van der Waals surface area contributed by atoms with Crippen LogP contribution in [0.15, 0.2) is 42.9 Å². The second kappa shape index (κ2) is 6.76. The van der Waals surface area contributed by atoms with Crippen LogP contribution in [0, 0.1) is 0 Å². The summed E-state index contributed by atoms with van der Waals surface area (Å²) in [7, 11) is 0. The Balaban J connectivity index is 2.01. The van der Waals surface area contributed by atoms with Crippen molar-refractivity contribution in [2.24, 2.45) is 0 Å². The van der Waals surface area contributed by atoms with Gasteiger partial charge in [-0.2, -0.15) is 0 Å². The van der Waals surface area contributed by atoms with Crippen LogP contribution < -0.4 is 5.73 Å². The van der Waals surface area contributed by atoms with E-state index in [-0.39, 0.29) is 6.61 Å². The lowest BCUT2D eigenvalue weighted by atomic mass is 10.1. The van der Waals surface area contributed by atoms with Crippen LogP contribution in [0.3, 0.4) is 0 Å². The van der Waals surface area contributed by atoms with Gasteiger partial charge in [0.05, 0.1) is 11.5 Å². The van der Waals surface area contributed by atoms with Gasteiger partial charge in [0, 0.05) is 24.9 Å². The molecule has 0 saturated heterocycles.